The van der Waals surface area contributed by atoms with E-state index in [9.17, 15) is 4.79 Å². The van der Waals surface area contributed by atoms with Gasteiger partial charge in [0.1, 0.15) is 0 Å². The highest BCUT2D eigenvalue weighted by Gasteiger charge is 2.05. The topological polar surface area (TPSA) is 83.5 Å². The van der Waals surface area contributed by atoms with Gasteiger partial charge in [-0.15, -0.1) is 0 Å². The van der Waals surface area contributed by atoms with Gasteiger partial charge in [-0.3, -0.25) is 4.79 Å². The van der Waals surface area contributed by atoms with Crippen molar-refractivity contribution in [3.63, 3.8) is 0 Å². The van der Waals surface area contributed by atoms with Crippen LogP contribution in [0.3, 0.4) is 0 Å². The van der Waals surface area contributed by atoms with Gasteiger partial charge >= 0.3 is 5.97 Å². The van der Waals surface area contributed by atoms with E-state index in [1.807, 2.05) is 0 Å². The molecule has 0 heterocycles. The highest BCUT2D eigenvalue weighted by molar-refractivity contribution is 5.67. The first-order chi connectivity index (χ1) is 4.16. The molecule has 0 aliphatic carbocycles. The number of carboxylic acids is 1. The van der Waals surface area contributed by atoms with Gasteiger partial charge in [-0.05, 0) is 6.42 Å². The Kier molecular flexibility index (Phi) is 4.00. The number of carboxylic acid groups (broad SMARTS) is 1. The number of nitrogens with two attached hydrogens (primary N) is 1. The molecular weight excluding hydrogens is 122 g/mol. The quantitative estimate of drug-likeness (QED) is 0.467. The minimum Gasteiger partial charge on any atom is -0.481 e. The Morgan fingerprint density at radius 3 is 2.56 bits per heavy atom. The standard InChI is InChI=1S/C5H11NO3/c6-4(1-2-7)3-5(8)9/h4,7H,1-3,6H2,(H,8,9)/t4-/m1/s1. The number of aliphatic carboxylic acids is 1. The van der Waals surface area contributed by atoms with Crippen LogP contribution in [0.4, 0.5) is 0 Å². The van der Waals surface area contributed by atoms with Gasteiger partial charge in [0.15, 0.2) is 0 Å². The zero-order chi connectivity index (χ0) is 7.28. The van der Waals surface area contributed by atoms with Gasteiger partial charge in [-0.2, -0.15) is 0 Å². The number of hydrogen-bond donors (Lipinski definition) is 3. The Hall–Kier alpha value is -0.610. The van der Waals surface area contributed by atoms with Crippen LogP contribution < -0.4 is 5.73 Å². The summed E-state index contributed by atoms with van der Waals surface area (Å²) in [5.74, 6) is -0.920. The molecule has 0 radical (unpaired) electrons. The van der Waals surface area contributed by atoms with E-state index < -0.39 is 12.0 Å². The third-order valence-electron chi connectivity index (χ3n) is 0.937. The molecule has 4 heteroatoms. The largest absolute Gasteiger partial charge is 0.481 e. The van der Waals surface area contributed by atoms with Gasteiger partial charge in [0, 0.05) is 12.6 Å². The lowest BCUT2D eigenvalue weighted by molar-refractivity contribution is -0.137. The lowest BCUT2D eigenvalue weighted by atomic mass is 10.2. The third kappa shape index (κ3) is 5.26. The fourth-order valence-corrected chi connectivity index (χ4v) is 0.492. The molecule has 9 heavy (non-hydrogen) atoms. The summed E-state index contributed by atoms with van der Waals surface area (Å²) in [4.78, 5) is 9.92. The predicted octanol–water partition coefficient (Wildman–Crippen LogP) is -0.829. The van der Waals surface area contributed by atoms with E-state index in [-0.39, 0.29) is 13.0 Å². The van der Waals surface area contributed by atoms with Gasteiger partial charge in [0.25, 0.3) is 0 Å². The van der Waals surface area contributed by atoms with Crippen molar-refractivity contribution >= 4 is 5.97 Å². The number of aliphatic hydroxyl groups excluding tert-OH is 1. The van der Waals surface area contributed by atoms with E-state index >= 15 is 0 Å². The molecule has 0 rings (SSSR count). The first kappa shape index (κ1) is 8.39. The van der Waals surface area contributed by atoms with Crippen LogP contribution in [-0.2, 0) is 4.79 Å². The molecule has 0 aliphatic rings. The Morgan fingerprint density at radius 1 is 1.67 bits per heavy atom. The molecule has 0 aliphatic heterocycles. The Labute approximate surface area is 53.3 Å². The molecule has 4 N–H and O–H groups in total. The maximum Gasteiger partial charge on any atom is 0.304 e. The first-order valence-corrected chi connectivity index (χ1v) is 2.75. The summed E-state index contributed by atoms with van der Waals surface area (Å²) in [5, 5.41) is 16.4. The van der Waals surface area contributed by atoms with Crippen molar-refractivity contribution < 1.29 is 15.0 Å². The molecule has 0 bridgehead atoms. The van der Waals surface area contributed by atoms with E-state index in [0.29, 0.717) is 6.42 Å². The Bertz CT molecular complexity index is 94.2. The van der Waals surface area contributed by atoms with E-state index in [2.05, 4.69) is 0 Å². The predicted molar refractivity (Wildman–Crippen MR) is 31.9 cm³/mol. The normalized spacial score (nSPS) is 13.1. The van der Waals surface area contributed by atoms with Crippen LogP contribution >= 0.6 is 0 Å². The second-order valence-corrected chi connectivity index (χ2v) is 1.87. The summed E-state index contributed by atoms with van der Waals surface area (Å²) < 4.78 is 0. The molecular formula is C5H11NO3. The maximum absolute atomic E-state index is 9.92. The fraction of sp³-hybridized carbons (Fsp3) is 0.800. The zero-order valence-corrected chi connectivity index (χ0v) is 5.08. The summed E-state index contributed by atoms with van der Waals surface area (Å²) in [6, 6.07) is -0.410. The molecule has 0 aromatic rings. The lowest BCUT2D eigenvalue weighted by Gasteiger charge is -2.03. The van der Waals surface area contributed by atoms with Crippen LogP contribution in [0.25, 0.3) is 0 Å². The molecule has 0 aromatic heterocycles. The summed E-state index contributed by atoms with van der Waals surface area (Å²) in [6.07, 6.45) is 0.285. The minimum atomic E-state index is -0.920. The number of carbonyl (C=O) groups is 1. The smallest absolute Gasteiger partial charge is 0.304 e. The van der Waals surface area contributed by atoms with Crippen molar-refractivity contribution in [1.29, 1.82) is 0 Å². The van der Waals surface area contributed by atoms with Crippen LogP contribution in [0.1, 0.15) is 12.8 Å². The van der Waals surface area contributed by atoms with Gasteiger partial charge in [0.2, 0.25) is 0 Å². The number of rotatable bonds is 4. The van der Waals surface area contributed by atoms with E-state index in [1.165, 1.54) is 0 Å². The lowest BCUT2D eigenvalue weighted by Crippen LogP contribution is -2.24. The molecule has 1 atom stereocenters. The Morgan fingerprint density at radius 2 is 2.22 bits per heavy atom. The average Bonchev–Trinajstić information content (AvgIpc) is 1.63. The van der Waals surface area contributed by atoms with Gasteiger partial charge in [0.05, 0.1) is 6.42 Å². The average molecular weight is 133 g/mol. The molecule has 54 valence electrons. The second kappa shape index (κ2) is 4.29. The van der Waals surface area contributed by atoms with Crippen molar-refractivity contribution in [3.8, 4) is 0 Å². The van der Waals surface area contributed by atoms with Gasteiger partial charge in [-0.25, -0.2) is 0 Å². The van der Waals surface area contributed by atoms with Crippen molar-refractivity contribution in [1.82, 2.24) is 0 Å². The second-order valence-electron chi connectivity index (χ2n) is 1.87. The van der Waals surface area contributed by atoms with Gasteiger partial charge in [-0.1, -0.05) is 0 Å². The highest BCUT2D eigenvalue weighted by atomic mass is 16.4. The molecule has 0 aromatic carbocycles. The minimum absolute atomic E-state index is 0.0472. The van der Waals surface area contributed by atoms with E-state index in [0.717, 1.165) is 0 Å². The number of aliphatic hydroxyl groups is 1. The van der Waals surface area contributed by atoms with Crippen LogP contribution in [0, 0.1) is 0 Å². The first-order valence-electron chi connectivity index (χ1n) is 2.75. The van der Waals surface area contributed by atoms with E-state index in [4.69, 9.17) is 15.9 Å². The summed E-state index contributed by atoms with van der Waals surface area (Å²) in [6.45, 7) is -0.0472. The van der Waals surface area contributed by atoms with Crippen LogP contribution in [-0.4, -0.2) is 28.8 Å². The highest BCUT2D eigenvalue weighted by Crippen LogP contribution is 1.91. The van der Waals surface area contributed by atoms with Crippen molar-refractivity contribution in [2.24, 2.45) is 5.73 Å². The molecule has 0 amide bonds. The summed E-state index contributed by atoms with van der Waals surface area (Å²) in [7, 11) is 0. The molecule has 4 nitrogen and oxygen atoms in total. The molecule has 0 saturated carbocycles. The Balaban J connectivity index is 3.26. The fourth-order valence-electron chi connectivity index (χ4n) is 0.492. The van der Waals surface area contributed by atoms with Crippen LogP contribution in [0.5, 0.6) is 0 Å². The zero-order valence-electron chi connectivity index (χ0n) is 5.08. The molecule has 0 fully saturated rings. The maximum atomic E-state index is 9.92. The van der Waals surface area contributed by atoms with Crippen molar-refractivity contribution in [2.75, 3.05) is 6.61 Å². The summed E-state index contributed by atoms with van der Waals surface area (Å²) >= 11 is 0. The van der Waals surface area contributed by atoms with Crippen LogP contribution in [0.15, 0.2) is 0 Å². The van der Waals surface area contributed by atoms with Crippen LogP contribution in [0.2, 0.25) is 0 Å². The molecule has 0 spiro atoms. The van der Waals surface area contributed by atoms with Crippen molar-refractivity contribution in [3.05, 3.63) is 0 Å². The van der Waals surface area contributed by atoms with Gasteiger partial charge < -0.3 is 15.9 Å². The summed E-state index contributed by atoms with van der Waals surface area (Å²) in [5.41, 5.74) is 5.24. The monoisotopic (exact) mass is 133 g/mol. The molecule has 0 saturated heterocycles. The number of hydrogen-bond acceptors (Lipinski definition) is 3. The van der Waals surface area contributed by atoms with Crippen molar-refractivity contribution in [2.45, 2.75) is 18.9 Å². The molecule has 0 unspecified atom stereocenters. The SMILES string of the molecule is N[C@H](CCO)CC(=O)O. The third-order valence-corrected chi connectivity index (χ3v) is 0.937. The van der Waals surface area contributed by atoms with E-state index in [1.54, 1.807) is 0 Å².